The molecule has 0 aliphatic carbocycles. The van der Waals surface area contributed by atoms with E-state index in [1.54, 1.807) is 20.2 Å². The first kappa shape index (κ1) is 11.6. The van der Waals surface area contributed by atoms with Gasteiger partial charge in [0.15, 0.2) is 0 Å². The molecule has 0 spiro atoms. The van der Waals surface area contributed by atoms with Crippen LogP contribution >= 0.6 is 11.3 Å². The average molecular weight is 215 g/mol. The second-order valence-corrected chi connectivity index (χ2v) is 4.38. The van der Waals surface area contributed by atoms with Crippen LogP contribution < -0.4 is 0 Å². The van der Waals surface area contributed by atoms with E-state index in [0.717, 1.165) is 22.7 Å². The molecule has 4 heteroatoms. The first-order chi connectivity index (χ1) is 6.69. The van der Waals surface area contributed by atoms with E-state index in [-0.39, 0.29) is 6.10 Å². The SMILES string of the molecule is CCCC(OC)c1ncc(C(C)O)s1. The molecule has 0 aliphatic heterocycles. The number of hydrogen-bond acceptors (Lipinski definition) is 4. The Morgan fingerprint density at radius 2 is 2.36 bits per heavy atom. The van der Waals surface area contributed by atoms with Crippen molar-refractivity contribution in [3.8, 4) is 0 Å². The number of methoxy groups -OCH3 is 1. The van der Waals surface area contributed by atoms with Crippen LogP contribution in [-0.4, -0.2) is 17.2 Å². The monoisotopic (exact) mass is 215 g/mol. The van der Waals surface area contributed by atoms with E-state index < -0.39 is 6.10 Å². The van der Waals surface area contributed by atoms with Crippen molar-refractivity contribution in [2.75, 3.05) is 7.11 Å². The fraction of sp³-hybridized carbons (Fsp3) is 0.700. The summed E-state index contributed by atoms with van der Waals surface area (Å²) >= 11 is 1.53. The number of thiazole rings is 1. The summed E-state index contributed by atoms with van der Waals surface area (Å²) < 4.78 is 5.34. The first-order valence-electron chi connectivity index (χ1n) is 4.85. The van der Waals surface area contributed by atoms with Gasteiger partial charge in [0.2, 0.25) is 0 Å². The van der Waals surface area contributed by atoms with Crippen LogP contribution in [0.3, 0.4) is 0 Å². The summed E-state index contributed by atoms with van der Waals surface area (Å²) in [5.41, 5.74) is 0. The maximum Gasteiger partial charge on any atom is 0.122 e. The van der Waals surface area contributed by atoms with Gasteiger partial charge in [-0.15, -0.1) is 11.3 Å². The topological polar surface area (TPSA) is 42.4 Å². The lowest BCUT2D eigenvalue weighted by molar-refractivity contribution is 0.0947. The minimum absolute atomic E-state index is 0.0810. The summed E-state index contributed by atoms with van der Waals surface area (Å²) in [7, 11) is 1.70. The van der Waals surface area contributed by atoms with Gasteiger partial charge >= 0.3 is 0 Å². The van der Waals surface area contributed by atoms with E-state index in [0.29, 0.717) is 0 Å². The van der Waals surface area contributed by atoms with Gasteiger partial charge in [0.1, 0.15) is 11.1 Å². The Labute approximate surface area is 88.8 Å². The number of aliphatic hydroxyl groups is 1. The molecule has 0 aliphatic rings. The minimum atomic E-state index is -0.430. The molecule has 3 nitrogen and oxygen atoms in total. The molecule has 0 saturated heterocycles. The van der Waals surface area contributed by atoms with Gasteiger partial charge in [-0.25, -0.2) is 4.98 Å². The van der Waals surface area contributed by atoms with Crippen LogP contribution in [0.2, 0.25) is 0 Å². The normalized spacial score (nSPS) is 15.4. The van der Waals surface area contributed by atoms with Crippen molar-refractivity contribution in [1.82, 2.24) is 4.98 Å². The van der Waals surface area contributed by atoms with Crippen molar-refractivity contribution >= 4 is 11.3 Å². The Morgan fingerprint density at radius 1 is 1.64 bits per heavy atom. The van der Waals surface area contributed by atoms with Crippen molar-refractivity contribution in [3.63, 3.8) is 0 Å². The summed E-state index contributed by atoms with van der Waals surface area (Å²) in [4.78, 5) is 5.16. The van der Waals surface area contributed by atoms with E-state index in [1.807, 2.05) is 0 Å². The molecular formula is C10H17NO2S. The molecule has 14 heavy (non-hydrogen) atoms. The van der Waals surface area contributed by atoms with E-state index in [1.165, 1.54) is 11.3 Å². The van der Waals surface area contributed by atoms with Gasteiger partial charge in [0.05, 0.1) is 11.0 Å². The maximum absolute atomic E-state index is 9.35. The first-order valence-corrected chi connectivity index (χ1v) is 5.67. The summed E-state index contributed by atoms with van der Waals surface area (Å²) in [6, 6.07) is 0. The highest BCUT2D eigenvalue weighted by Crippen LogP contribution is 2.28. The summed E-state index contributed by atoms with van der Waals surface area (Å²) in [5, 5.41) is 10.3. The molecule has 1 rings (SSSR count). The zero-order chi connectivity index (χ0) is 10.6. The van der Waals surface area contributed by atoms with Crippen molar-refractivity contribution in [2.45, 2.75) is 38.9 Å². The molecule has 1 heterocycles. The van der Waals surface area contributed by atoms with Crippen molar-refractivity contribution < 1.29 is 9.84 Å². The summed E-state index contributed by atoms with van der Waals surface area (Å²) in [6.45, 7) is 3.87. The molecular weight excluding hydrogens is 198 g/mol. The number of aliphatic hydroxyl groups excluding tert-OH is 1. The molecule has 0 saturated carbocycles. The molecule has 0 fully saturated rings. The predicted octanol–water partition coefficient (Wildman–Crippen LogP) is 2.68. The molecule has 0 radical (unpaired) electrons. The van der Waals surface area contributed by atoms with Crippen LogP contribution in [0.1, 0.15) is 48.8 Å². The van der Waals surface area contributed by atoms with Crippen molar-refractivity contribution in [2.24, 2.45) is 0 Å². The minimum Gasteiger partial charge on any atom is -0.388 e. The van der Waals surface area contributed by atoms with Crippen LogP contribution in [0.25, 0.3) is 0 Å². The Kier molecular flexibility index (Phi) is 4.51. The number of hydrogen-bond donors (Lipinski definition) is 1. The van der Waals surface area contributed by atoms with Gasteiger partial charge in [0.25, 0.3) is 0 Å². The van der Waals surface area contributed by atoms with Gasteiger partial charge in [-0.2, -0.15) is 0 Å². The lowest BCUT2D eigenvalue weighted by Gasteiger charge is -2.10. The molecule has 1 N–H and O–H groups in total. The maximum atomic E-state index is 9.35. The highest BCUT2D eigenvalue weighted by Gasteiger charge is 2.15. The predicted molar refractivity (Wildman–Crippen MR) is 57.4 cm³/mol. The molecule has 80 valence electrons. The van der Waals surface area contributed by atoms with E-state index in [4.69, 9.17) is 4.74 Å². The van der Waals surface area contributed by atoms with Crippen LogP contribution in [0.5, 0.6) is 0 Å². The fourth-order valence-corrected chi connectivity index (χ4v) is 2.22. The van der Waals surface area contributed by atoms with Gasteiger partial charge < -0.3 is 9.84 Å². The molecule has 2 atom stereocenters. The van der Waals surface area contributed by atoms with Crippen molar-refractivity contribution in [1.29, 1.82) is 0 Å². The zero-order valence-corrected chi connectivity index (χ0v) is 9.67. The molecule has 1 aromatic rings. The molecule has 2 unspecified atom stereocenters. The summed E-state index contributed by atoms with van der Waals surface area (Å²) in [6.07, 6.45) is 3.43. The van der Waals surface area contributed by atoms with E-state index >= 15 is 0 Å². The van der Waals surface area contributed by atoms with Crippen molar-refractivity contribution in [3.05, 3.63) is 16.1 Å². The van der Waals surface area contributed by atoms with Crippen LogP contribution in [0.4, 0.5) is 0 Å². The largest absolute Gasteiger partial charge is 0.388 e. The highest BCUT2D eigenvalue weighted by atomic mass is 32.1. The number of nitrogens with zero attached hydrogens (tertiary/aromatic N) is 1. The van der Waals surface area contributed by atoms with Crippen LogP contribution in [0, 0.1) is 0 Å². The Hall–Kier alpha value is -0.450. The molecule has 0 aromatic carbocycles. The van der Waals surface area contributed by atoms with Crippen LogP contribution in [0.15, 0.2) is 6.20 Å². The number of rotatable bonds is 5. The fourth-order valence-electron chi connectivity index (χ4n) is 1.25. The lowest BCUT2D eigenvalue weighted by atomic mass is 10.2. The number of aromatic nitrogens is 1. The smallest absolute Gasteiger partial charge is 0.122 e. The van der Waals surface area contributed by atoms with Gasteiger partial charge in [-0.05, 0) is 13.3 Å². The van der Waals surface area contributed by atoms with Gasteiger partial charge in [-0.3, -0.25) is 0 Å². The molecule has 0 bridgehead atoms. The van der Waals surface area contributed by atoms with Gasteiger partial charge in [0, 0.05) is 13.3 Å². The molecule has 1 aromatic heterocycles. The van der Waals surface area contributed by atoms with Gasteiger partial charge in [-0.1, -0.05) is 13.3 Å². The number of ether oxygens (including phenoxy) is 1. The van der Waals surface area contributed by atoms with E-state index in [2.05, 4.69) is 11.9 Å². The second-order valence-electron chi connectivity index (χ2n) is 3.29. The standard InChI is InChI=1S/C10H17NO2S/c1-4-5-8(13-3)10-11-6-9(14-10)7(2)12/h6-8,12H,4-5H2,1-3H3. The third kappa shape index (κ3) is 2.77. The lowest BCUT2D eigenvalue weighted by Crippen LogP contribution is -1.99. The third-order valence-electron chi connectivity index (χ3n) is 2.06. The second kappa shape index (κ2) is 5.44. The van der Waals surface area contributed by atoms with E-state index in [9.17, 15) is 5.11 Å². The quantitative estimate of drug-likeness (QED) is 0.821. The summed E-state index contributed by atoms with van der Waals surface area (Å²) in [5.74, 6) is 0. The molecule has 0 amide bonds. The Morgan fingerprint density at radius 3 is 2.79 bits per heavy atom. The Bertz CT molecular complexity index is 273. The third-order valence-corrected chi connectivity index (χ3v) is 3.32. The Balaban J connectivity index is 2.73. The van der Waals surface area contributed by atoms with Crippen LogP contribution in [-0.2, 0) is 4.74 Å². The average Bonchev–Trinajstić information content (AvgIpc) is 2.63. The zero-order valence-electron chi connectivity index (χ0n) is 8.86. The highest BCUT2D eigenvalue weighted by molar-refractivity contribution is 7.11.